The Labute approximate surface area is 121 Å². The molecular weight excluding hydrogens is 319 g/mol. The number of hydrogen-bond donors (Lipinski definition) is 0. The van der Waals surface area contributed by atoms with Crippen molar-refractivity contribution < 1.29 is 4.39 Å². The highest BCUT2D eigenvalue weighted by molar-refractivity contribution is 9.09. The summed E-state index contributed by atoms with van der Waals surface area (Å²) in [6.45, 7) is 5.80. The van der Waals surface area contributed by atoms with E-state index in [0.29, 0.717) is 17.1 Å². The Kier molecular flexibility index (Phi) is 5.42. The van der Waals surface area contributed by atoms with Crippen molar-refractivity contribution in [2.24, 2.45) is 0 Å². The fraction of sp³-hybridized carbons (Fsp3) is 0.538. The van der Waals surface area contributed by atoms with Gasteiger partial charge in [-0.1, -0.05) is 27.5 Å². The van der Waals surface area contributed by atoms with Crippen LogP contribution in [0.4, 0.5) is 4.39 Å². The minimum atomic E-state index is -0.165. The normalized spacial score (nSPS) is 18.2. The van der Waals surface area contributed by atoms with Crippen LogP contribution in [0.15, 0.2) is 18.2 Å². The van der Waals surface area contributed by atoms with Gasteiger partial charge in [0.05, 0.1) is 0 Å². The van der Waals surface area contributed by atoms with Gasteiger partial charge in [0.15, 0.2) is 0 Å². The zero-order valence-corrected chi connectivity index (χ0v) is 12.6. The molecule has 0 N–H and O–H groups in total. The number of alkyl halides is 1. The second kappa shape index (κ2) is 6.85. The van der Waals surface area contributed by atoms with Crippen molar-refractivity contribution >= 4 is 27.5 Å². The van der Waals surface area contributed by atoms with Crippen LogP contribution in [-0.2, 0) is 6.54 Å². The van der Waals surface area contributed by atoms with Crippen molar-refractivity contribution in [3.8, 4) is 0 Å². The van der Waals surface area contributed by atoms with Gasteiger partial charge in [-0.15, -0.1) is 0 Å². The van der Waals surface area contributed by atoms with Crippen LogP contribution >= 0.6 is 27.5 Å². The van der Waals surface area contributed by atoms with Crippen molar-refractivity contribution in [1.29, 1.82) is 0 Å². The maximum absolute atomic E-state index is 13.6. The van der Waals surface area contributed by atoms with Gasteiger partial charge >= 0.3 is 0 Å². The first-order chi connectivity index (χ1) is 8.69. The van der Waals surface area contributed by atoms with Crippen LogP contribution in [0.1, 0.15) is 5.56 Å². The third-order valence-electron chi connectivity index (χ3n) is 3.27. The maximum atomic E-state index is 13.6. The number of benzene rings is 1. The summed E-state index contributed by atoms with van der Waals surface area (Å²) >= 11 is 9.35. The molecule has 0 aromatic heterocycles. The zero-order chi connectivity index (χ0) is 13.0. The molecule has 1 heterocycles. The SMILES string of the molecule is Fc1ccc(Cl)cc1CN1CCN(CCBr)CC1. The molecule has 1 aromatic rings. The standard InChI is InChI=1S/C13H17BrClFN2/c14-3-4-17-5-7-18(8-6-17)10-11-9-12(15)1-2-13(11)16/h1-2,9H,3-8,10H2. The molecule has 1 aliphatic heterocycles. The number of halogens is 3. The van der Waals surface area contributed by atoms with E-state index in [1.807, 2.05) is 0 Å². The highest BCUT2D eigenvalue weighted by Crippen LogP contribution is 2.17. The molecule has 0 radical (unpaired) electrons. The van der Waals surface area contributed by atoms with E-state index in [9.17, 15) is 4.39 Å². The van der Waals surface area contributed by atoms with Gasteiger partial charge in [-0.2, -0.15) is 0 Å². The largest absolute Gasteiger partial charge is 0.300 e. The van der Waals surface area contributed by atoms with E-state index in [0.717, 1.165) is 38.1 Å². The Hall–Kier alpha value is -0.160. The van der Waals surface area contributed by atoms with Crippen molar-refractivity contribution in [3.63, 3.8) is 0 Å². The van der Waals surface area contributed by atoms with Crippen LogP contribution in [-0.4, -0.2) is 47.9 Å². The number of rotatable bonds is 4. The van der Waals surface area contributed by atoms with Crippen LogP contribution in [0.5, 0.6) is 0 Å². The summed E-state index contributed by atoms with van der Waals surface area (Å²) in [7, 11) is 0. The minimum absolute atomic E-state index is 0.165. The molecular formula is C13H17BrClFN2. The summed E-state index contributed by atoms with van der Waals surface area (Å²) in [6.07, 6.45) is 0. The molecule has 0 bridgehead atoms. The zero-order valence-electron chi connectivity index (χ0n) is 10.2. The van der Waals surface area contributed by atoms with Gasteiger partial charge in [0.2, 0.25) is 0 Å². The molecule has 0 unspecified atom stereocenters. The predicted octanol–water partition coefficient (Wildman–Crippen LogP) is 2.99. The Morgan fingerprint density at radius 2 is 1.83 bits per heavy atom. The molecule has 100 valence electrons. The van der Waals surface area contributed by atoms with Crippen LogP contribution in [0.2, 0.25) is 5.02 Å². The van der Waals surface area contributed by atoms with E-state index in [1.54, 1.807) is 12.1 Å². The molecule has 1 saturated heterocycles. The van der Waals surface area contributed by atoms with Gasteiger partial charge in [-0.3, -0.25) is 9.80 Å². The molecule has 0 spiro atoms. The van der Waals surface area contributed by atoms with Gasteiger partial charge in [0.25, 0.3) is 0 Å². The predicted molar refractivity (Wildman–Crippen MR) is 76.9 cm³/mol. The third-order valence-corrected chi connectivity index (χ3v) is 3.86. The van der Waals surface area contributed by atoms with Gasteiger partial charge in [-0.05, 0) is 18.2 Å². The lowest BCUT2D eigenvalue weighted by atomic mass is 10.2. The molecule has 0 aliphatic carbocycles. The first kappa shape index (κ1) is 14.3. The molecule has 1 aromatic carbocycles. The molecule has 18 heavy (non-hydrogen) atoms. The monoisotopic (exact) mass is 334 g/mol. The first-order valence-electron chi connectivity index (χ1n) is 6.13. The lowest BCUT2D eigenvalue weighted by Gasteiger charge is -2.34. The Bertz CT molecular complexity index is 395. The fourth-order valence-corrected chi connectivity index (χ4v) is 2.89. The highest BCUT2D eigenvalue weighted by Gasteiger charge is 2.17. The van der Waals surface area contributed by atoms with Crippen LogP contribution in [0.3, 0.4) is 0 Å². The van der Waals surface area contributed by atoms with Crippen molar-refractivity contribution in [2.45, 2.75) is 6.54 Å². The molecule has 1 aliphatic rings. The Morgan fingerprint density at radius 3 is 2.50 bits per heavy atom. The quantitative estimate of drug-likeness (QED) is 0.781. The molecule has 2 rings (SSSR count). The fourth-order valence-electron chi connectivity index (χ4n) is 2.20. The van der Waals surface area contributed by atoms with Crippen LogP contribution < -0.4 is 0 Å². The van der Waals surface area contributed by atoms with Crippen LogP contribution in [0.25, 0.3) is 0 Å². The number of hydrogen-bond acceptors (Lipinski definition) is 2. The second-order valence-corrected chi connectivity index (χ2v) is 5.77. The maximum Gasteiger partial charge on any atom is 0.127 e. The van der Waals surface area contributed by atoms with E-state index in [4.69, 9.17) is 11.6 Å². The molecule has 0 amide bonds. The summed E-state index contributed by atoms with van der Waals surface area (Å²) in [6, 6.07) is 4.76. The van der Waals surface area contributed by atoms with Gasteiger partial charge in [-0.25, -0.2) is 4.39 Å². The minimum Gasteiger partial charge on any atom is -0.300 e. The number of piperazine rings is 1. The van der Waals surface area contributed by atoms with Gasteiger partial charge in [0, 0.05) is 55.2 Å². The summed E-state index contributed by atoms with van der Waals surface area (Å²) in [5, 5.41) is 1.61. The van der Waals surface area contributed by atoms with E-state index in [1.165, 1.54) is 6.07 Å². The summed E-state index contributed by atoms with van der Waals surface area (Å²) in [5.74, 6) is -0.165. The Balaban J connectivity index is 1.89. The Morgan fingerprint density at radius 1 is 1.17 bits per heavy atom. The lowest BCUT2D eigenvalue weighted by molar-refractivity contribution is 0.132. The molecule has 0 atom stereocenters. The van der Waals surface area contributed by atoms with E-state index >= 15 is 0 Å². The molecule has 0 saturated carbocycles. The number of nitrogens with zero attached hydrogens (tertiary/aromatic N) is 2. The van der Waals surface area contributed by atoms with E-state index in [-0.39, 0.29) is 5.82 Å². The van der Waals surface area contributed by atoms with Crippen molar-refractivity contribution in [2.75, 3.05) is 38.1 Å². The van der Waals surface area contributed by atoms with Crippen molar-refractivity contribution in [1.82, 2.24) is 9.80 Å². The molecule has 5 heteroatoms. The summed E-state index contributed by atoms with van der Waals surface area (Å²) in [5.41, 5.74) is 0.691. The molecule has 1 fully saturated rings. The van der Waals surface area contributed by atoms with Gasteiger partial charge in [0.1, 0.15) is 5.82 Å². The van der Waals surface area contributed by atoms with E-state index in [2.05, 4.69) is 25.7 Å². The first-order valence-corrected chi connectivity index (χ1v) is 7.63. The topological polar surface area (TPSA) is 6.48 Å². The molecule has 2 nitrogen and oxygen atoms in total. The average molecular weight is 336 g/mol. The van der Waals surface area contributed by atoms with Crippen molar-refractivity contribution in [3.05, 3.63) is 34.6 Å². The van der Waals surface area contributed by atoms with Crippen LogP contribution in [0, 0.1) is 5.82 Å². The second-order valence-electron chi connectivity index (χ2n) is 4.54. The average Bonchev–Trinajstić information content (AvgIpc) is 2.37. The summed E-state index contributed by atoms with van der Waals surface area (Å²) < 4.78 is 13.6. The highest BCUT2D eigenvalue weighted by atomic mass is 79.9. The van der Waals surface area contributed by atoms with E-state index < -0.39 is 0 Å². The lowest BCUT2D eigenvalue weighted by Crippen LogP contribution is -2.46. The smallest absolute Gasteiger partial charge is 0.127 e. The summed E-state index contributed by atoms with van der Waals surface area (Å²) in [4.78, 5) is 4.69. The third kappa shape index (κ3) is 3.92. The van der Waals surface area contributed by atoms with Gasteiger partial charge < -0.3 is 0 Å².